The van der Waals surface area contributed by atoms with E-state index in [0.717, 1.165) is 31.5 Å². The zero-order chi connectivity index (χ0) is 12.3. The van der Waals surface area contributed by atoms with Crippen LogP contribution in [-0.2, 0) is 0 Å². The summed E-state index contributed by atoms with van der Waals surface area (Å²) in [5, 5.41) is 15.8. The van der Waals surface area contributed by atoms with Crippen LogP contribution in [0.2, 0.25) is 0 Å². The van der Waals surface area contributed by atoms with Crippen molar-refractivity contribution in [3.8, 4) is 0 Å². The topological polar surface area (TPSA) is 69.2 Å². The maximum Gasteiger partial charge on any atom is 0.274 e. The Balaban J connectivity index is 2.10. The third kappa shape index (κ3) is 2.66. The maximum atomic E-state index is 12.3. The second kappa shape index (κ2) is 5.31. The summed E-state index contributed by atoms with van der Waals surface area (Å²) in [6.45, 7) is 2.79. The Morgan fingerprint density at radius 3 is 3.12 bits per heavy atom. The molecule has 1 unspecified atom stereocenters. The third-order valence-electron chi connectivity index (χ3n) is 3.28. The van der Waals surface area contributed by atoms with Crippen molar-refractivity contribution in [3.63, 3.8) is 0 Å². The van der Waals surface area contributed by atoms with Crippen LogP contribution >= 0.6 is 0 Å². The molecular formula is C12H19N3O2. The zero-order valence-corrected chi connectivity index (χ0v) is 10.1. The van der Waals surface area contributed by atoms with Gasteiger partial charge < -0.3 is 10.0 Å². The van der Waals surface area contributed by atoms with E-state index in [2.05, 4.69) is 10.2 Å². The minimum Gasteiger partial charge on any atom is -0.396 e. The van der Waals surface area contributed by atoms with Gasteiger partial charge in [0.15, 0.2) is 0 Å². The van der Waals surface area contributed by atoms with E-state index < -0.39 is 0 Å². The molecule has 0 spiro atoms. The van der Waals surface area contributed by atoms with Crippen molar-refractivity contribution in [2.75, 3.05) is 13.2 Å². The van der Waals surface area contributed by atoms with Crippen LogP contribution < -0.4 is 0 Å². The Kier molecular flexibility index (Phi) is 3.78. The number of carbonyl (C=O) groups excluding carboxylic acids is 1. The second-order valence-electron chi connectivity index (χ2n) is 4.60. The highest BCUT2D eigenvalue weighted by Gasteiger charge is 2.28. The van der Waals surface area contributed by atoms with E-state index in [1.807, 2.05) is 11.8 Å². The molecule has 0 bridgehead atoms. The summed E-state index contributed by atoms with van der Waals surface area (Å²) in [6, 6.07) is 1.94. The highest BCUT2D eigenvalue weighted by atomic mass is 16.3. The lowest BCUT2D eigenvalue weighted by Gasteiger charge is -2.35. The molecular weight excluding hydrogens is 218 g/mol. The molecule has 1 saturated heterocycles. The van der Waals surface area contributed by atoms with Gasteiger partial charge in [0.25, 0.3) is 5.91 Å². The lowest BCUT2D eigenvalue weighted by atomic mass is 9.99. The van der Waals surface area contributed by atoms with Gasteiger partial charge in [-0.05, 0) is 38.7 Å². The number of aryl methyl sites for hydroxylation is 1. The lowest BCUT2D eigenvalue weighted by molar-refractivity contribution is 0.0568. The number of hydrogen-bond donors (Lipinski definition) is 2. The van der Waals surface area contributed by atoms with Crippen LogP contribution in [0, 0.1) is 6.92 Å². The molecule has 2 heterocycles. The monoisotopic (exact) mass is 237 g/mol. The fourth-order valence-electron chi connectivity index (χ4n) is 2.39. The van der Waals surface area contributed by atoms with Crippen LogP contribution in [0.25, 0.3) is 0 Å². The van der Waals surface area contributed by atoms with Crippen molar-refractivity contribution in [1.29, 1.82) is 0 Å². The highest BCUT2D eigenvalue weighted by Crippen LogP contribution is 2.21. The normalized spacial score (nSPS) is 20.6. The molecule has 17 heavy (non-hydrogen) atoms. The molecule has 1 aliphatic heterocycles. The van der Waals surface area contributed by atoms with E-state index in [4.69, 9.17) is 5.11 Å². The first kappa shape index (κ1) is 12.1. The van der Waals surface area contributed by atoms with Crippen LogP contribution in [0.5, 0.6) is 0 Å². The van der Waals surface area contributed by atoms with E-state index in [1.54, 1.807) is 6.07 Å². The molecule has 1 aromatic rings. The van der Waals surface area contributed by atoms with E-state index in [-0.39, 0.29) is 18.6 Å². The predicted molar refractivity (Wildman–Crippen MR) is 63.7 cm³/mol. The first-order valence-corrected chi connectivity index (χ1v) is 6.16. The Morgan fingerprint density at radius 2 is 2.47 bits per heavy atom. The Hall–Kier alpha value is -1.36. The van der Waals surface area contributed by atoms with E-state index in [0.29, 0.717) is 12.1 Å². The van der Waals surface area contributed by atoms with Crippen molar-refractivity contribution in [2.24, 2.45) is 0 Å². The number of nitrogens with one attached hydrogen (secondary N) is 1. The molecule has 0 radical (unpaired) electrons. The molecule has 5 nitrogen and oxygen atoms in total. The number of nitrogens with zero attached hydrogens (tertiary/aromatic N) is 2. The minimum atomic E-state index is -0.0208. The van der Waals surface area contributed by atoms with Gasteiger partial charge in [0.05, 0.1) is 0 Å². The van der Waals surface area contributed by atoms with Crippen molar-refractivity contribution >= 4 is 5.91 Å². The van der Waals surface area contributed by atoms with Crippen molar-refractivity contribution < 1.29 is 9.90 Å². The molecule has 0 saturated carbocycles. The summed E-state index contributed by atoms with van der Waals surface area (Å²) in [4.78, 5) is 14.1. The number of hydrogen-bond acceptors (Lipinski definition) is 3. The number of carbonyl (C=O) groups is 1. The van der Waals surface area contributed by atoms with Gasteiger partial charge in [0.1, 0.15) is 5.69 Å². The first-order chi connectivity index (χ1) is 8.22. The van der Waals surface area contributed by atoms with Crippen LogP contribution in [0.15, 0.2) is 6.07 Å². The summed E-state index contributed by atoms with van der Waals surface area (Å²) >= 11 is 0. The molecule has 0 aliphatic carbocycles. The number of amides is 1. The number of aromatic nitrogens is 2. The van der Waals surface area contributed by atoms with Gasteiger partial charge in [-0.2, -0.15) is 5.10 Å². The van der Waals surface area contributed by atoms with E-state index in [9.17, 15) is 4.79 Å². The van der Waals surface area contributed by atoms with Crippen molar-refractivity contribution in [3.05, 3.63) is 17.5 Å². The average Bonchev–Trinajstić information content (AvgIpc) is 2.76. The summed E-state index contributed by atoms with van der Waals surface area (Å²) in [7, 11) is 0. The quantitative estimate of drug-likeness (QED) is 0.827. The van der Waals surface area contributed by atoms with Crippen molar-refractivity contribution in [2.45, 2.75) is 38.6 Å². The average molecular weight is 237 g/mol. The highest BCUT2D eigenvalue weighted by molar-refractivity contribution is 5.92. The molecule has 2 rings (SSSR count). The minimum absolute atomic E-state index is 0.0208. The fraction of sp³-hybridized carbons (Fsp3) is 0.667. The van der Waals surface area contributed by atoms with Gasteiger partial charge in [0.2, 0.25) is 0 Å². The van der Waals surface area contributed by atoms with Gasteiger partial charge in [0, 0.05) is 24.9 Å². The number of piperidine rings is 1. The van der Waals surface area contributed by atoms with E-state index in [1.165, 1.54) is 0 Å². The molecule has 0 aromatic carbocycles. The molecule has 2 N–H and O–H groups in total. The molecule has 1 aliphatic rings. The molecule has 1 amide bonds. The maximum absolute atomic E-state index is 12.3. The smallest absolute Gasteiger partial charge is 0.274 e. The van der Waals surface area contributed by atoms with Crippen LogP contribution in [0.1, 0.15) is 41.9 Å². The Labute approximate surface area is 101 Å². The Morgan fingerprint density at radius 1 is 1.65 bits per heavy atom. The van der Waals surface area contributed by atoms with Gasteiger partial charge >= 0.3 is 0 Å². The summed E-state index contributed by atoms with van der Waals surface area (Å²) in [6.07, 6.45) is 3.82. The van der Waals surface area contributed by atoms with Gasteiger partial charge in [-0.15, -0.1) is 0 Å². The van der Waals surface area contributed by atoms with Crippen LogP contribution in [0.4, 0.5) is 0 Å². The zero-order valence-electron chi connectivity index (χ0n) is 10.1. The summed E-state index contributed by atoms with van der Waals surface area (Å²) in [5.41, 5.74) is 1.37. The number of H-pyrrole nitrogens is 1. The number of aliphatic hydroxyl groups excluding tert-OH is 1. The number of aliphatic hydroxyl groups is 1. The number of rotatable bonds is 3. The lowest BCUT2D eigenvalue weighted by Crippen LogP contribution is -2.44. The largest absolute Gasteiger partial charge is 0.396 e. The summed E-state index contributed by atoms with van der Waals surface area (Å²) in [5.74, 6) is -0.0208. The standard InChI is InChI=1S/C12H19N3O2/c1-9-8-11(14-13-9)12(17)15-6-3-2-4-10(15)5-7-16/h8,10,16H,2-7H2,1H3,(H,13,14). The third-order valence-corrected chi connectivity index (χ3v) is 3.28. The molecule has 5 heteroatoms. The SMILES string of the molecule is Cc1cc(C(=O)N2CCCCC2CCO)n[nH]1. The Bertz CT molecular complexity index is 387. The van der Waals surface area contributed by atoms with Gasteiger partial charge in [-0.1, -0.05) is 0 Å². The van der Waals surface area contributed by atoms with E-state index >= 15 is 0 Å². The molecule has 1 aromatic heterocycles. The second-order valence-corrected chi connectivity index (χ2v) is 4.60. The van der Waals surface area contributed by atoms with Crippen LogP contribution in [-0.4, -0.2) is 45.3 Å². The number of aromatic amines is 1. The molecule has 94 valence electrons. The number of likely N-dealkylation sites (tertiary alicyclic amines) is 1. The van der Waals surface area contributed by atoms with Crippen molar-refractivity contribution in [1.82, 2.24) is 15.1 Å². The molecule has 1 fully saturated rings. The predicted octanol–water partition coefficient (Wildman–Crippen LogP) is 1.10. The van der Waals surface area contributed by atoms with Crippen LogP contribution in [0.3, 0.4) is 0 Å². The van der Waals surface area contributed by atoms with Gasteiger partial charge in [-0.3, -0.25) is 9.89 Å². The van der Waals surface area contributed by atoms with Gasteiger partial charge in [-0.25, -0.2) is 0 Å². The first-order valence-electron chi connectivity index (χ1n) is 6.16. The molecule has 1 atom stereocenters. The fourth-order valence-corrected chi connectivity index (χ4v) is 2.39. The summed E-state index contributed by atoms with van der Waals surface area (Å²) < 4.78 is 0.